The summed E-state index contributed by atoms with van der Waals surface area (Å²) in [6, 6.07) is 11.5. The van der Waals surface area contributed by atoms with Gasteiger partial charge in [-0.05, 0) is 24.6 Å². The fourth-order valence-corrected chi connectivity index (χ4v) is 2.94. The summed E-state index contributed by atoms with van der Waals surface area (Å²) >= 11 is 6.35. The molecule has 0 saturated carbocycles. The van der Waals surface area contributed by atoms with Gasteiger partial charge in [-0.3, -0.25) is 4.98 Å². The predicted molar refractivity (Wildman–Crippen MR) is 93.2 cm³/mol. The molecule has 0 spiro atoms. The number of nitrogens with zero attached hydrogens (tertiary/aromatic N) is 2. The summed E-state index contributed by atoms with van der Waals surface area (Å²) in [4.78, 5) is 5.88. The summed E-state index contributed by atoms with van der Waals surface area (Å²) < 4.78 is 14.4. The molecule has 1 aliphatic rings. The number of pyridine rings is 1. The van der Waals surface area contributed by atoms with E-state index in [1.165, 1.54) is 6.08 Å². The zero-order valence-corrected chi connectivity index (χ0v) is 13.5. The molecule has 1 aromatic heterocycles. The summed E-state index contributed by atoms with van der Waals surface area (Å²) in [5.74, 6) is -0.334. The zero-order valence-electron chi connectivity index (χ0n) is 12.8. The molecular formula is C19H16ClFN2. The quantitative estimate of drug-likeness (QED) is 0.760. The molecule has 0 N–H and O–H groups in total. The third-order valence-electron chi connectivity index (χ3n) is 3.83. The van der Waals surface area contributed by atoms with Gasteiger partial charge in [0.1, 0.15) is 5.83 Å². The molecule has 2 heterocycles. The van der Waals surface area contributed by atoms with Gasteiger partial charge in [0.2, 0.25) is 0 Å². The molecule has 116 valence electrons. The third-order valence-corrected chi connectivity index (χ3v) is 4.13. The van der Waals surface area contributed by atoms with Crippen LogP contribution < -0.4 is 0 Å². The summed E-state index contributed by atoms with van der Waals surface area (Å²) in [7, 11) is 0. The highest BCUT2D eigenvalue weighted by atomic mass is 35.5. The average Bonchev–Trinajstić information content (AvgIpc) is 2.58. The molecule has 1 aromatic carbocycles. The van der Waals surface area contributed by atoms with Gasteiger partial charge in [-0.2, -0.15) is 0 Å². The molecule has 0 saturated heterocycles. The highest BCUT2D eigenvalue weighted by Gasteiger charge is 2.26. The molecule has 0 fully saturated rings. The van der Waals surface area contributed by atoms with Crippen molar-refractivity contribution in [2.24, 2.45) is 0 Å². The maximum Gasteiger partial charge on any atom is 0.146 e. The van der Waals surface area contributed by atoms with E-state index >= 15 is 0 Å². The Morgan fingerprint density at radius 1 is 1.22 bits per heavy atom. The second kappa shape index (κ2) is 6.39. The normalized spacial score (nSPS) is 15.0. The lowest BCUT2D eigenvalue weighted by atomic mass is 9.95. The van der Waals surface area contributed by atoms with Gasteiger partial charge in [-0.15, -0.1) is 0 Å². The minimum Gasteiger partial charge on any atom is -0.339 e. The maximum absolute atomic E-state index is 14.4. The number of aromatic nitrogens is 1. The van der Waals surface area contributed by atoms with Crippen molar-refractivity contribution in [1.82, 2.24) is 9.88 Å². The average molecular weight is 327 g/mol. The molecule has 2 aromatic rings. The van der Waals surface area contributed by atoms with Crippen LogP contribution in [0.2, 0.25) is 5.02 Å². The van der Waals surface area contributed by atoms with Crippen LogP contribution in [0.4, 0.5) is 4.39 Å². The van der Waals surface area contributed by atoms with Crippen LogP contribution in [-0.2, 0) is 0 Å². The number of rotatable bonds is 3. The zero-order chi connectivity index (χ0) is 16.4. The second-order valence-corrected chi connectivity index (χ2v) is 5.57. The Bertz CT molecular complexity index is 809. The van der Waals surface area contributed by atoms with Crippen molar-refractivity contribution in [3.05, 3.63) is 89.1 Å². The van der Waals surface area contributed by atoms with E-state index in [1.807, 2.05) is 48.2 Å². The van der Waals surface area contributed by atoms with Gasteiger partial charge >= 0.3 is 0 Å². The molecule has 4 heteroatoms. The molecule has 0 aliphatic carbocycles. The Hall–Kier alpha value is -2.39. The van der Waals surface area contributed by atoms with Gasteiger partial charge in [0.25, 0.3) is 0 Å². The number of likely N-dealkylation sites (N-methyl/N-ethyl adjacent to an activating group) is 1. The van der Waals surface area contributed by atoms with Crippen LogP contribution in [0.1, 0.15) is 18.1 Å². The molecule has 23 heavy (non-hydrogen) atoms. The van der Waals surface area contributed by atoms with E-state index in [-0.39, 0.29) is 5.83 Å². The standard InChI is InChI=1S/C19H16ClFN2/c1-3-23-13(2)18(21)11-16(14-7-5-4-6-8-14)19(23)15-9-10-22-12-17(15)20/h4-12H,2-3H2,1H3. The van der Waals surface area contributed by atoms with E-state index in [9.17, 15) is 4.39 Å². The number of allylic oxidation sites excluding steroid dienone is 3. The van der Waals surface area contributed by atoms with Gasteiger partial charge in [0.05, 0.1) is 16.4 Å². The van der Waals surface area contributed by atoms with Crippen LogP contribution in [-0.4, -0.2) is 16.4 Å². The van der Waals surface area contributed by atoms with Crippen molar-refractivity contribution in [3.8, 4) is 0 Å². The second-order valence-electron chi connectivity index (χ2n) is 5.17. The summed E-state index contributed by atoms with van der Waals surface area (Å²) in [5.41, 5.74) is 3.71. The van der Waals surface area contributed by atoms with Crippen molar-refractivity contribution >= 4 is 22.9 Å². The monoisotopic (exact) mass is 326 g/mol. The number of hydrogen-bond acceptors (Lipinski definition) is 2. The Morgan fingerprint density at radius 2 is 1.96 bits per heavy atom. The van der Waals surface area contributed by atoms with Gasteiger partial charge < -0.3 is 4.90 Å². The van der Waals surface area contributed by atoms with Crippen molar-refractivity contribution < 1.29 is 4.39 Å². The third kappa shape index (κ3) is 2.80. The van der Waals surface area contributed by atoms with Gasteiger partial charge in [-0.25, -0.2) is 4.39 Å². The fourth-order valence-electron chi connectivity index (χ4n) is 2.73. The van der Waals surface area contributed by atoms with Crippen molar-refractivity contribution in [2.75, 3.05) is 6.54 Å². The summed E-state index contributed by atoms with van der Waals surface area (Å²) in [6.07, 6.45) is 4.80. The first-order valence-electron chi connectivity index (χ1n) is 7.37. The number of halogens is 2. The minimum atomic E-state index is -0.334. The summed E-state index contributed by atoms with van der Waals surface area (Å²) in [6.45, 7) is 6.42. The van der Waals surface area contributed by atoms with E-state index in [0.717, 1.165) is 22.4 Å². The van der Waals surface area contributed by atoms with E-state index in [2.05, 4.69) is 11.6 Å². The lowest BCUT2D eigenvalue weighted by molar-refractivity contribution is 0.479. The minimum absolute atomic E-state index is 0.334. The first-order chi connectivity index (χ1) is 11.1. The van der Waals surface area contributed by atoms with Crippen LogP contribution in [0, 0.1) is 0 Å². The van der Waals surface area contributed by atoms with E-state index < -0.39 is 0 Å². The predicted octanol–water partition coefficient (Wildman–Crippen LogP) is 5.31. The highest BCUT2D eigenvalue weighted by Crippen LogP contribution is 2.41. The van der Waals surface area contributed by atoms with Crippen LogP contribution in [0.15, 0.2) is 73.0 Å². The van der Waals surface area contributed by atoms with Crippen LogP contribution in [0.5, 0.6) is 0 Å². The Morgan fingerprint density at radius 3 is 2.61 bits per heavy atom. The highest BCUT2D eigenvalue weighted by molar-refractivity contribution is 6.32. The molecule has 0 amide bonds. The SMILES string of the molecule is C=C1C(F)=CC(c2ccccc2)=C(c2ccncc2Cl)N1CC. The summed E-state index contributed by atoms with van der Waals surface area (Å²) in [5, 5.41) is 0.526. The van der Waals surface area contributed by atoms with Gasteiger partial charge in [-0.1, -0.05) is 48.5 Å². The van der Waals surface area contributed by atoms with Crippen molar-refractivity contribution in [3.63, 3.8) is 0 Å². The maximum atomic E-state index is 14.4. The van der Waals surface area contributed by atoms with E-state index in [0.29, 0.717) is 17.3 Å². The van der Waals surface area contributed by atoms with Crippen molar-refractivity contribution in [2.45, 2.75) is 6.92 Å². The molecule has 0 atom stereocenters. The fraction of sp³-hybridized carbons (Fsp3) is 0.105. The molecule has 0 bridgehead atoms. The largest absolute Gasteiger partial charge is 0.339 e. The molecule has 0 radical (unpaired) electrons. The van der Waals surface area contributed by atoms with Gasteiger partial charge in [0.15, 0.2) is 0 Å². The van der Waals surface area contributed by atoms with E-state index in [4.69, 9.17) is 11.6 Å². The Labute approximate surface area is 140 Å². The van der Waals surface area contributed by atoms with Crippen LogP contribution >= 0.6 is 11.6 Å². The lowest BCUT2D eigenvalue weighted by Crippen LogP contribution is -2.25. The lowest BCUT2D eigenvalue weighted by Gasteiger charge is -2.33. The molecule has 1 aliphatic heterocycles. The Balaban J connectivity index is 2.32. The smallest absolute Gasteiger partial charge is 0.146 e. The topological polar surface area (TPSA) is 16.1 Å². The van der Waals surface area contributed by atoms with Crippen LogP contribution in [0.3, 0.4) is 0 Å². The Kier molecular flexibility index (Phi) is 4.30. The van der Waals surface area contributed by atoms with Crippen LogP contribution in [0.25, 0.3) is 11.3 Å². The number of hydrogen-bond donors (Lipinski definition) is 0. The molecule has 3 rings (SSSR count). The first kappa shape index (κ1) is 15.5. The van der Waals surface area contributed by atoms with E-state index in [1.54, 1.807) is 12.4 Å². The molecular weight excluding hydrogens is 311 g/mol. The first-order valence-corrected chi connectivity index (χ1v) is 7.75. The van der Waals surface area contributed by atoms with Gasteiger partial charge in [0, 0.05) is 30.1 Å². The molecule has 2 nitrogen and oxygen atoms in total. The number of benzene rings is 1. The molecule has 0 unspecified atom stereocenters. The van der Waals surface area contributed by atoms with Crippen molar-refractivity contribution in [1.29, 1.82) is 0 Å².